The van der Waals surface area contributed by atoms with E-state index >= 15 is 0 Å². The lowest BCUT2D eigenvalue weighted by molar-refractivity contribution is 0.0989. The van der Waals surface area contributed by atoms with Crippen molar-refractivity contribution >= 4 is 5.82 Å². The first-order valence-electron chi connectivity index (χ1n) is 5.63. The number of aromatic nitrogens is 2. The lowest BCUT2D eigenvalue weighted by Crippen LogP contribution is -2.09. The molecule has 0 saturated heterocycles. The average Bonchev–Trinajstić information content (AvgIpc) is 2.30. The lowest BCUT2D eigenvalue weighted by Gasteiger charge is -2.07. The molecule has 0 unspecified atom stereocenters. The van der Waals surface area contributed by atoms with Crippen LogP contribution in [-0.4, -0.2) is 36.3 Å². The Kier molecular flexibility index (Phi) is 6.25. The predicted molar refractivity (Wildman–Crippen MR) is 62.8 cm³/mol. The highest BCUT2D eigenvalue weighted by molar-refractivity contribution is 5.32. The maximum atomic E-state index is 5.40. The molecule has 1 N–H and O–H groups in total. The SMILES string of the molecule is CCCOCCOc1cncc(NCC)n1. The molecule has 5 heteroatoms. The van der Waals surface area contributed by atoms with Crippen LogP contribution in [0.15, 0.2) is 12.4 Å². The normalized spacial score (nSPS) is 10.1. The maximum absolute atomic E-state index is 5.40. The summed E-state index contributed by atoms with van der Waals surface area (Å²) in [5.41, 5.74) is 0. The predicted octanol–water partition coefficient (Wildman–Crippen LogP) is 1.71. The summed E-state index contributed by atoms with van der Waals surface area (Å²) in [6.45, 7) is 6.76. The minimum absolute atomic E-state index is 0.504. The van der Waals surface area contributed by atoms with Crippen molar-refractivity contribution in [1.82, 2.24) is 9.97 Å². The molecule has 0 radical (unpaired) electrons. The second-order valence-corrected chi connectivity index (χ2v) is 3.23. The molecular formula is C11H19N3O2. The zero-order valence-corrected chi connectivity index (χ0v) is 9.90. The van der Waals surface area contributed by atoms with Crippen LogP contribution in [0.4, 0.5) is 5.82 Å². The van der Waals surface area contributed by atoms with Crippen LogP contribution >= 0.6 is 0 Å². The summed E-state index contributed by atoms with van der Waals surface area (Å²) >= 11 is 0. The Labute approximate surface area is 96.2 Å². The molecule has 0 fully saturated rings. The highest BCUT2D eigenvalue weighted by Gasteiger charge is 1.98. The molecule has 1 aromatic rings. The molecule has 1 heterocycles. The molecule has 0 aromatic carbocycles. The Morgan fingerprint density at radius 2 is 2.06 bits per heavy atom. The molecule has 0 amide bonds. The monoisotopic (exact) mass is 225 g/mol. The number of nitrogens with zero attached hydrogens (tertiary/aromatic N) is 2. The van der Waals surface area contributed by atoms with E-state index in [1.165, 1.54) is 0 Å². The molecule has 0 aliphatic rings. The van der Waals surface area contributed by atoms with Crippen LogP contribution in [0.1, 0.15) is 20.3 Å². The van der Waals surface area contributed by atoms with Crippen LogP contribution in [0.2, 0.25) is 0 Å². The van der Waals surface area contributed by atoms with Crippen LogP contribution in [0, 0.1) is 0 Å². The van der Waals surface area contributed by atoms with E-state index in [2.05, 4.69) is 22.2 Å². The van der Waals surface area contributed by atoms with E-state index in [4.69, 9.17) is 9.47 Å². The third-order valence-corrected chi connectivity index (χ3v) is 1.80. The number of ether oxygens (including phenoxy) is 2. The van der Waals surface area contributed by atoms with Crippen LogP contribution in [0.3, 0.4) is 0 Å². The van der Waals surface area contributed by atoms with Gasteiger partial charge in [0, 0.05) is 13.2 Å². The van der Waals surface area contributed by atoms with Gasteiger partial charge in [-0.3, -0.25) is 4.98 Å². The quantitative estimate of drug-likeness (QED) is 0.683. The van der Waals surface area contributed by atoms with Crippen molar-refractivity contribution in [3.8, 4) is 5.88 Å². The van der Waals surface area contributed by atoms with E-state index < -0.39 is 0 Å². The van der Waals surface area contributed by atoms with Gasteiger partial charge >= 0.3 is 0 Å². The van der Waals surface area contributed by atoms with Crippen LogP contribution in [0.25, 0.3) is 0 Å². The van der Waals surface area contributed by atoms with Gasteiger partial charge in [-0.15, -0.1) is 0 Å². The molecule has 0 aliphatic heterocycles. The topological polar surface area (TPSA) is 56.3 Å². The van der Waals surface area contributed by atoms with Gasteiger partial charge in [-0.25, -0.2) is 0 Å². The number of nitrogens with one attached hydrogen (secondary N) is 1. The van der Waals surface area contributed by atoms with Gasteiger partial charge in [0.15, 0.2) is 0 Å². The summed E-state index contributed by atoms with van der Waals surface area (Å²) in [5, 5.41) is 3.07. The molecule has 1 aromatic heterocycles. The molecule has 0 spiro atoms. The zero-order chi connectivity index (χ0) is 11.6. The summed E-state index contributed by atoms with van der Waals surface area (Å²) in [5.74, 6) is 1.26. The molecule has 90 valence electrons. The Morgan fingerprint density at radius 1 is 1.19 bits per heavy atom. The summed E-state index contributed by atoms with van der Waals surface area (Å²) in [4.78, 5) is 8.26. The third-order valence-electron chi connectivity index (χ3n) is 1.80. The van der Waals surface area contributed by atoms with Gasteiger partial charge in [-0.2, -0.15) is 4.98 Å². The van der Waals surface area contributed by atoms with Gasteiger partial charge in [0.2, 0.25) is 5.88 Å². The first kappa shape index (κ1) is 12.7. The second-order valence-electron chi connectivity index (χ2n) is 3.23. The Hall–Kier alpha value is -1.36. The van der Waals surface area contributed by atoms with Gasteiger partial charge in [0.25, 0.3) is 0 Å². The fourth-order valence-corrected chi connectivity index (χ4v) is 1.14. The zero-order valence-electron chi connectivity index (χ0n) is 9.90. The van der Waals surface area contributed by atoms with Crippen molar-refractivity contribution in [2.75, 3.05) is 31.7 Å². The first-order chi connectivity index (χ1) is 7.86. The van der Waals surface area contributed by atoms with Crippen molar-refractivity contribution in [3.05, 3.63) is 12.4 Å². The molecule has 16 heavy (non-hydrogen) atoms. The standard InChI is InChI=1S/C11H19N3O2/c1-3-5-15-6-7-16-11-9-12-8-10(14-11)13-4-2/h8-9H,3-7H2,1-2H3,(H,13,14). The van der Waals surface area contributed by atoms with Gasteiger partial charge < -0.3 is 14.8 Å². The van der Waals surface area contributed by atoms with Gasteiger partial charge in [-0.05, 0) is 13.3 Å². The number of anilines is 1. The Morgan fingerprint density at radius 3 is 2.81 bits per heavy atom. The first-order valence-corrected chi connectivity index (χ1v) is 5.63. The highest BCUT2D eigenvalue weighted by Crippen LogP contribution is 2.08. The van der Waals surface area contributed by atoms with Crippen molar-refractivity contribution in [3.63, 3.8) is 0 Å². The number of hydrogen-bond acceptors (Lipinski definition) is 5. The summed E-state index contributed by atoms with van der Waals surface area (Å²) in [7, 11) is 0. The summed E-state index contributed by atoms with van der Waals surface area (Å²) < 4.78 is 10.7. The Bertz CT molecular complexity index is 294. The van der Waals surface area contributed by atoms with E-state index in [0.29, 0.717) is 19.1 Å². The molecular weight excluding hydrogens is 206 g/mol. The van der Waals surface area contributed by atoms with E-state index in [0.717, 1.165) is 25.4 Å². The fourth-order valence-electron chi connectivity index (χ4n) is 1.14. The van der Waals surface area contributed by atoms with Crippen LogP contribution in [0.5, 0.6) is 5.88 Å². The molecule has 0 bridgehead atoms. The molecule has 1 rings (SSSR count). The minimum atomic E-state index is 0.504. The number of hydrogen-bond donors (Lipinski definition) is 1. The third kappa shape index (κ3) is 4.93. The lowest BCUT2D eigenvalue weighted by atomic mass is 10.5. The fraction of sp³-hybridized carbons (Fsp3) is 0.636. The van der Waals surface area contributed by atoms with Gasteiger partial charge in [0.1, 0.15) is 12.4 Å². The largest absolute Gasteiger partial charge is 0.474 e. The highest BCUT2D eigenvalue weighted by atomic mass is 16.5. The van der Waals surface area contributed by atoms with Crippen LogP contribution in [-0.2, 0) is 4.74 Å². The smallest absolute Gasteiger partial charge is 0.234 e. The Balaban J connectivity index is 2.27. The molecule has 0 saturated carbocycles. The molecule has 0 aliphatic carbocycles. The van der Waals surface area contributed by atoms with Gasteiger partial charge in [-0.1, -0.05) is 6.92 Å². The molecule has 0 atom stereocenters. The summed E-state index contributed by atoms with van der Waals surface area (Å²) in [6, 6.07) is 0. The maximum Gasteiger partial charge on any atom is 0.234 e. The summed E-state index contributed by atoms with van der Waals surface area (Å²) in [6.07, 6.45) is 4.29. The van der Waals surface area contributed by atoms with Crippen molar-refractivity contribution in [1.29, 1.82) is 0 Å². The van der Waals surface area contributed by atoms with Crippen LogP contribution < -0.4 is 10.1 Å². The van der Waals surface area contributed by atoms with Gasteiger partial charge in [0.05, 0.1) is 19.0 Å². The van der Waals surface area contributed by atoms with Crippen molar-refractivity contribution in [2.24, 2.45) is 0 Å². The van der Waals surface area contributed by atoms with E-state index in [1.54, 1.807) is 12.4 Å². The minimum Gasteiger partial charge on any atom is -0.474 e. The van der Waals surface area contributed by atoms with Crippen molar-refractivity contribution in [2.45, 2.75) is 20.3 Å². The second kappa shape index (κ2) is 7.87. The van der Waals surface area contributed by atoms with Crippen molar-refractivity contribution < 1.29 is 9.47 Å². The van der Waals surface area contributed by atoms with E-state index in [1.807, 2.05) is 6.92 Å². The van der Waals surface area contributed by atoms with E-state index in [9.17, 15) is 0 Å². The molecule has 5 nitrogen and oxygen atoms in total. The number of rotatable bonds is 8. The van der Waals surface area contributed by atoms with E-state index in [-0.39, 0.29) is 0 Å². The average molecular weight is 225 g/mol.